The predicted octanol–water partition coefficient (Wildman–Crippen LogP) is 3.54. The van der Waals surface area contributed by atoms with Crippen LogP contribution in [0.4, 0.5) is 10.6 Å². The number of ether oxygens (including phenoxy) is 1. The monoisotopic (exact) mass is 448 g/mol. The van der Waals surface area contributed by atoms with Crippen molar-refractivity contribution >= 4 is 11.9 Å². The van der Waals surface area contributed by atoms with E-state index < -0.39 is 5.60 Å². The summed E-state index contributed by atoms with van der Waals surface area (Å²) >= 11 is 0. The van der Waals surface area contributed by atoms with Crippen LogP contribution in [0, 0.1) is 11.8 Å². The van der Waals surface area contributed by atoms with Gasteiger partial charge in [0.15, 0.2) is 5.82 Å². The lowest BCUT2D eigenvalue weighted by Gasteiger charge is -2.26. The van der Waals surface area contributed by atoms with Crippen molar-refractivity contribution in [1.82, 2.24) is 25.3 Å². The zero-order valence-corrected chi connectivity index (χ0v) is 19.0. The van der Waals surface area contributed by atoms with Gasteiger partial charge in [-0.05, 0) is 50.6 Å². The number of anilines is 1. The Morgan fingerprint density at radius 2 is 1.82 bits per heavy atom. The van der Waals surface area contributed by atoms with E-state index in [2.05, 4.69) is 25.3 Å². The van der Waals surface area contributed by atoms with Crippen LogP contribution in [0.15, 0.2) is 42.7 Å². The van der Waals surface area contributed by atoms with Crippen molar-refractivity contribution in [3.8, 4) is 28.1 Å². The first-order chi connectivity index (χ1) is 15.8. The molecule has 0 bridgehead atoms. The molecule has 0 spiro atoms. The lowest BCUT2D eigenvalue weighted by Crippen LogP contribution is -2.37. The first-order valence-corrected chi connectivity index (χ1v) is 11.2. The summed E-state index contributed by atoms with van der Waals surface area (Å²) in [6, 6.07) is 9.29. The van der Waals surface area contributed by atoms with E-state index in [-0.39, 0.29) is 11.8 Å². The summed E-state index contributed by atoms with van der Waals surface area (Å²) in [5.41, 5.74) is 2.55. The van der Waals surface area contributed by atoms with Gasteiger partial charge in [0.1, 0.15) is 11.4 Å². The minimum atomic E-state index is -0.480. The number of benzene rings is 1. The Bertz CT molecular complexity index is 1130. The molecule has 2 aromatic heterocycles. The van der Waals surface area contributed by atoms with E-state index in [1.54, 1.807) is 18.5 Å². The van der Waals surface area contributed by atoms with Gasteiger partial charge >= 0.3 is 6.09 Å². The average Bonchev–Trinajstić information content (AvgIpc) is 3.49. The normalized spacial score (nSPS) is 20.2. The second-order valence-electron chi connectivity index (χ2n) is 9.81. The van der Waals surface area contributed by atoms with Crippen molar-refractivity contribution in [3.63, 3.8) is 0 Å². The minimum Gasteiger partial charge on any atom is -0.507 e. The van der Waals surface area contributed by atoms with Crippen LogP contribution in [0.1, 0.15) is 20.8 Å². The number of carbonyl (C=O) groups is 1. The topological polar surface area (TPSA) is 107 Å². The van der Waals surface area contributed by atoms with Crippen molar-refractivity contribution in [3.05, 3.63) is 42.7 Å². The van der Waals surface area contributed by atoms with Gasteiger partial charge < -0.3 is 19.6 Å². The minimum absolute atomic E-state index is 0.147. The lowest BCUT2D eigenvalue weighted by atomic mass is 10.0. The molecule has 1 amide bonds. The molecule has 2 N–H and O–H groups in total. The standard InChI is InChI=1S/C24H28N6O3/c1-24(2,3)33-23(32)30-13-17-11-29(12-18(17)14-30)22-7-6-20(27-28-22)19-5-4-15(8-21(19)31)16-9-25-26-10-16/h4-10,17-18,31H,11-14H2,1-3H3,(H,25,26). The number of hydrogen-bond acceptors (Lipinski definition) is 7. The highest BCUT2D eigenvalue weighted by molar-refractivity contribution is 5.74. The maximum atomic E-state index is 12.4. The van der Waals surface area contributed by atoms with E-state index in [0.717, 1.165) is 30.0 Å². The number of H-pyrrole nitrogens is 1. The molecule has 2 unspecified atom stereocenters. The fraction of sp³-hybridized carbons (Fsp3) is 0.417. The number of nitrogens with zero attached hydrogens (tertiary/aromatic N) is 5. The van der Waals surface area contributed by atoms with Gasteiger partial charge in [-0.15, -0.1) is 10.2 Å². The number of aromatic nitrogens is 4. The second kappa shape index (κ2) is 8.06. The molecule has 0 aliphatic carbocycles. The van der Waals surface area contributed by atoms with Gasteiger partial charge in [0.25, 0.3) is 0 Å². The van der Waals surface area contributed by atoms with Gasteiger partial charge in [0, 0.05) is 55.3 Å². The van der Waals surface area contributed by atoms with Crippen LogP contribution in [-0.2, 0) is 4.74 Å². The number of fused-ring (bicyclic) bond motifs is 1. The SMILES string of the molecule is CC(C)(C)OC(=O)N1CC2CN(c3ccc(-c4ccc(-c5cn[nH]c5)cc4O)nn3)CC2C1. The Kier molecular flexibility index (Phi) is 5.19. The van der Waals surface area contributed by atoms with Gasteiger partial charge in [-0.25, -0.2) is 4.79 Å². The van der Waals surface area contributed by atoms with Crippen molar-refractivity contribution in [2.75, 3.05) is 31.1 Å². The number of phenols is 1. The van der Waals surface area contributed by atoms with E-state index in [4.69, 9.17) is 4.74 Å². The highest BCUT2D eigenvalue weighted by Gasteiger charge is 2.43. The first kappa shape index (κ1) is 21.2. The van der Waals surface area contributed by atoms with Crippen LogP contribution in [0.3, 0.4) is 0 Å². The zero-order chi connectivity index (χ0) is 23.2. The van der Waals surface area contributed by atoms with Crippen molar-refractivity contribution in [1.29, 1.82) is 0 Å². The molecule has 172 valence electrons. The third-order valence-corrected chi connectivity index (χ3v) is 6.22. The highest BCUT2D eigenvalue weighted by atomic mass is 16.6. The highest BCUT2D eigenvalue weighted by Crippen LogP contribution is 2.35. The van der Waals surface area contributed by atoms with Crippen LogP contribution in [0.2, 0.25) is 0 Å². The smallest absolute Gasteiger partial charge is 0.410 e. The number of aromatic amines is 1. The Morgan fingerprint density at radius 1 is 1.06 bits per heavy atom. The Balaban J connectivity index is 1.23. The van der Waals surface area contributed by atoms with Crippen LogP contribution >= 0.6 is 0 Å². The van der Waals surface area contributed by atoms with Crippen molar-refractivity contribution < 1.29 is 14.6 Å². The summed E-state index contributed by atoms with van der Waals surface area (Å²) in [7, 11) is 0. The Hall–Kier alpha value is -3.62. The number of carbonyl (C=O) groups excluding carboxylic acids is 1. The lowest BCUT2D eigenvalue weighted by molar-refractivity contribution is 0.0282. The van der Waals surface area contributed by atoms with E-state index in [1.165, 1.54) is 0 Å². The molecule has 1 aromatic carbocycles. The third kappa shape index (κ3) is 4.35. The summed E-state index contributed by atoms with van der Waals surface area (Å²) in [4.78, 5) is 16.4. The number of rotatable bonds is 3. The van der Waals surface area contributed by atoms with Crippen LogP contribution in [0.25, 0.3) is 22.4 Å². The molecular formula is C24H28N6O3. The van der Waals surface area contributed by atoms with Gasteiger partial charge in [-0.1, -0.05) is 6.07 Å². The van der Waals surface area contributed by atoms with E-state index in [0.29, 0.717) is 36.2 Å². The van der Waals surface area contributed by atoms with Gasteiger partial charge in [0.2, 0.25) is 0 Å². The number of aromatic hydroxyl groups is 1. The summed E-state index contributed by atoms with van der Waals surface area (Å²) in [5, 5.41) is 26.0. The van der Waals surface area contributed by atoms with E-state index in [9.17, 15) is 9.90 Å². The van der Waals surface area contributed by atoms with Crippen LogP contribution in [0.5, 0.6) is 5.75 Å². The zero-order valence-electron chi connectivity index (χ0n) is 19.0. The van der Waals surface area contributed by atoms with Gasteiger partial charge in [0.05, 0.1) is 11.9 Å². The number of likely N-dealkylation sites (tertiary alicyclic amines) is 1. The molecule has 4 heterocycles. The Morgan fingerprint density at radius 3 is 2.39 bits per heavy atom. The third-order valence-electron chi connectivity index (χ3n) is 6.22. The molecule has 9 heteroatoms. The van der Waals surface area contributed by atoms with Crippen LogP contribution < -0.4 is 4.90 Å². The fourth-order valence-electron chi connectivity index (χ4n) is 4.63. The largest absolute Gasteiger partial charge is 0.507 e. The molecule has 2 aliphatic rings. The Labute approximate surface area is 192 Å². The number of amides is 1. The molecule has 5 rings (SSSR count). The van der Waals surface area contributed by atoms with Crippen molar-refractivity contribution in [2.45, 2.75) is 26.4 Å². The number of phenolic OH excluding ortho intramolecular Hbond substituents is 1. The molecule has 3 aromatic rings. The predicted molar refractivity (Wildman–Crippen MR) is 124 cm³/mol. The quantitative estimate of drug-likeness (QED) is 0.631. The molecule has 0 radical (unpaired) electrons. The number of nitrogens with one attached hydrogen (secondary N) is 1. The summed E-state index contributed by atoms with van der Waals surface area (Å²) < 4.78 is 5.52. The molecule has 33 heavy (non-hydrogen) atoms. The molecular weight excluding hydrogens is 420 g/mol. The van der Waals surface area contributed by atoms with Crippen molar-refractivity contribution in [2.24, 2.45) is 11.8 Å². The molecule has 0 saturated carbocycles. The maximum Gasteiger partial charge on any atom is 0.410 e. The van der Waals surface area contributed by atoms with Gasteiger partial charge in [-0.2, -0.15) is 5.10 Å². The van der Waals surface area contributed by atoms with E-state index >= 15 is 0 Å². The summed E-state index contributed by atoms with van der Waals surface area (Å²) in [6.45, 7) is 8.75. The summed E-state index contributed by atoms with van der Waals surface area (Å²) in [5.74, 6) is 1.76. The average molecular weight is 449 g/mol. The van der Waals surface area contributed by atoms with Gasteiger partial charge in [-0.3, -0.25) is 5.10 Å². The molecule has 2 fully saturated rings. The molecule has 9 nitrogen and oxygen atoms in total. The summed E-state index contributed by atoms with van der Waals surface area (Å²) in [6.07, 6.45) is 3.26. The molecule has 2 aliphatic heterocycles. The van der Waals surface area contributed by atoms with E-state index in [1.807, 2.05) is 49.9 Å². The maximum absolute atomic E-state index is 12.4. The molecule has 2 saturated heterocycles. The molecule has 2 atom stereocenters. The number of hydrogen-bond donors (Lipinski definition) is 2. The first-order valence-electron chi connectivity index (χ1n) is 11.2. The fourth-order valence-corrected chi connectivity index (χ4v) is 4.63. The second-order valence-corrected chi connectivity index (χ2v) is 9.81. The van der Waals surface area contributed by atoms with Crippen LogP contribution in [-0.4, -0.2) is 68.3 Å².